The molecule has 0 radical (unpaired) electrons. The van der Waals surface area contributed by atoms with Crippen LogP contribution in [0.1, 0.15) is 0 Å². The molecule has 0 N–H and O–H groups in total. The fourth-order valence-corrected chi connectivity index (χ4v) is 3.95. The van der Waals surface area contributed by atoms with Gasteiger partial charge in [-0.3, -0.25) is 4.79 Å². The zero-order valence-electron chi connectivity index (χ0n) is 11.8. The maximum Gasteiger partial charge on any atom is 0.417 e. The normalized spacial score (nSPS) is 20.0. The number of nitrogens with zero attached hydrogens (tertiary/aromatic N) is 2. The average Bonchev–Trinajstić information content (AvgIpc) is 2.78. The molecule has 0 aliphatic carbocycles. The van der Waals surface area contributed by atoms with Crippen LogP contribution in [0.2, 0.25) is 0 Å². The maximum atomic E-state index is 12.5. The number of imide groups is 1. The standard InChI is InChI=1S/C13H14N2O6S/c1-20-10-3-2-4-11(5-10)22(18,19)14-6-9(7-14)15-12(16)8-21-13(15)17/h2-5,9H,6-8H2,1H3. The molecule has 1 aromatic rings. The molecule has 9 heteroatoms. The summed E-state index contributed by atoms with van der Waals surface area (Å²) in [5, 5.41) is 0. The average molecular weight is 326 g/mol. The van der Waals surface area contributed by atoms with Crippen molar-refractivity contribution in [2.45, 2.75) is 10.9 Å². The molecule has 0 aromatic heterocycles. The minimum Gasteiger partial charge on any atom is -0.497 e. The van der Waals surface area contributed by atoms with Gasteiger partial charge in [0, 0.05) is 19.2 Å². The Labute approximate surface area is 127 Å². The number of benzene rings is 1. The lowest BCUT2D eigenvalue weighted by atomic mass is 10.1. The van der Waals surface area contributed by atoms with Crippen LogP contribution in [0, 0.1) is 0 Å². The van der Waals surface area contributed by atoms with E-state index in [4.69, 9.17) is 4.74 Å². The number of carbonyl (C=O) groups is 2. The van der Waals surface area contributed by atoms with Crippen LogP contribution < -0.4 is 4.74 Å². The van der Waals surface area contributed by atoms with E-state index in [0.717, 1.165) is 4.90 Å². The highest BCUT2D eigenvalue weighted by Crippen LogP contribution is 2.27. The SMILES string of the molecule is COc1cccc(S(=O)(=O)N2CC(N3C(=O)COC3=O)C2)c1. The summed E-state index contributed by atoms with van der Waals surface area (Å²) in [6.45, 7) is -0.140. The Bertz CT molecular complexity index is 710. The monoisotopic (exact) mass is 326 g/mol. The first-order valence-corrected chi connectivity index (χ1v) is 8.00. The van der Waals surface area contributed by atoms with Crippen LogP contribution in [0.5, 0.6) is 5.75 Å². The van der Waals surface area contributed by atoms with Crippen molar-refractivity contribution in [2.24, 2.45) is 0 Å². The molecule has 1 aromatic carbocycles. The molecule has 0 bridgehead atoms. The molecule has 2 aliphatic heterocycles. The van der Waals surface area contributed by atoms with Crippen LogP contribution in [0.3, 0.4) is 0 Å². The molecule has 22 heavy (non-hydrogen) atoms. The summed E-state index contributed by atoms with van der Waals surface area (Å²) in [5.74, 6) is 0.00451. The zero-order valence-corrected chi connectivity index (χ0v) is 12.6. The fourth-order valence-electron chi connectivity index (χ4n) is 2.40. The first kappa shape index (κ1) is 14.8. The van der Waals surface area contributed by atoms with Crippen molar-refractivity contribution in [2.75, 3.05) is 26.8 Å². The van der Waals surface area contributed by atoms with Gasteiger partial charge in [0.1, 0.15) is 5.75 Å². The van der Waals surface area contributed by atoms with Crippen molar-refractivity contribution in [3.63, 3.8) is 0 Å². The highest BCUT2D eigenvalue weighted by Gasteiger charge is 2.46. The highest BCUT2D eigenvalue weighted by molar-refractivity contribution is 7.89. The molecule has 2 fully saturated rings. The minimum absolute atomic E-state index is 0.0698. The van der Waals surface area contributed by atoms with E-state index in [1.165, 1.54) is 23.5 Å². The van der Waals surface area contributed by atoms with Crippen LogP contribution in [0.4, 0.5) is 4.79 Å². The molecular formula is C13H14N2O6S. The smallest absolute Gasteiger partial charge is 0.417 e. The topological polar surface area (TPSA) is 93.2 Å². The number of rotatable bonds is 4. The Kier molecular flexibility index (Phi) is 3.53. The predicted octanol–water partition coefficient (Wildman–Crippen LogP) is 0.0469. The number of hydrogen-bond donors (Lipinski definition) is 0. The Morgan fingerprint density at radius 1 is 1.27 bits per heavy atom. The van der Waals surface area contributed by atoms with Crippen molar-refractivity contribution in [1.29, 1.82) is 0 Å². The summed E-state index contributed by atoms with van der Waals surface area (Å²) >= 11 is 0. The van der Waals surface area contributed by atoms with Crippen LogP contribution >= 0.6 is 0 Å². The number of methoxy groups -OCH3 is 1. The van der Waals surface area contributed by atoms with Gasteiger partial charge in [-0.2, -0.15) is 4.31 Å². The summed E-state index contributed by atoms with van der Waals surface area (Å²) < 4.78 is 35.8. The molecule has 0 spiro atoms. The number of sulfonamides is 1. The van der Waals surface area contributed by atoms with Crippen LogP contribution in [0.25, 0.3) is 0 Å². The molecule has 118 valence electrons. The lowest BCUT2D eigenvalue weighted by Gasteiger charge is -2.40. The second kappa shape index (κ2) is 5.25. The van der Waals surface area contributed by atoms with Gasteiger partial charge in [-0.15, -0.1) is 0 Å². The highest BCUT2D eigenvalue weighted by atomic mass is 32.2. The van der Waals surface area contributed by atoms with Crippen molar-refractivity contribution >= 4 is 22.0 Å². The van der Waals surface area contributed by atoms with E-state index in [1.54, 1.807) is 12.1 Å². The van der Waals surface area contributed by atoms with E-state index < -0.39 is 28.1 Å². The summed E-state index contributed by atoms with van der Waals surface area (Å²) in [6.07, 6.45) is -0.714. The van der Waals surface area contributed by atoms with E-state index in [1.807, 2.05) is 0 Å². The van der Waals surface area contributed by atoms with Gasteiger partial charge in [-0.05, 0) is 12.1 Å². The number of cyclic esters (lactones) is 1. The van der Waals surface area contributed by atoms with Crippen molar-refractivity contribution < 1.29 is 27.5 Å². The third-order valence-electron chi connectivity index (χ3n) is 3.66. The first-order valence-electron chi connectivity index (χ1n) is 6.56. The van der Waals surface area contributed by atoms with E-state index in [0.29, 0.717) is 5.75 Å². The number of amides is 2. The first-order chi connectivity index (χ1) is 10.4. The van der Waals surface area contributed by atoms with Gasteiger partial charge in [-0.1, -0.05) is 6.07 Å². The third kappa shape index (κ3) is 2.32. The molecule has 2 aliphatic rings. The molecule has 2 amide bonds. The molecule has 3 rings (SSSR count). The Balaban J connectivity index is 1.73. The molecule has 0 unspecified atom stereocenters. The third-order valence-corrected chi connectivity index (χ3v) is 5.49. The van der Waals surface area contributed by atoms with Gasteiger partial charge >= 0.3 is 6.09 Å². The van der Waals surface area contributed by atoms with Gasteiger partial charge in [-0.25, -0.2) is 18.1 Å². The number of ether oxygens (including phenoxy) is 2. The van der Waals surface area contributed by atoms with E-state index in [-0.39, 0.29) is 24.6 Å². The maximum absolute atomic E-state index is 12.5. The Hall–Kier alpha value is -2.13. The summed E-state index contributed by atoms with van der Waals surface area (Å²) in [6, 6.07) is 5.67. The molecule has 2 heterocycles. The largest absolute Gasteiger partial charge is 0.497 e. The molecule has 2 saturated heterocycles. The van der Waals surface area contributed by atoms with Crippen molar-refractivity contribution in [3.8, 4) is 5.75 Å². The van der Waals surface area contributed by atoms with Gasteiger partial charge in [0.2, 0.25) is 10.0 Å². The van der Waals surface area contributed by atoms with Crippen LogP contribution in [-0.4, -0.2) is 62.5 Å². The number of carbonyl (C=O) groups excluding carboxylic acids is 2. The Morgan fingerprint density at radius 3 is 2.59 bits per heavy atom. The second-order valence-corrected chi connectivity index (χ2v) is 6.91. The Morgan fingerprint density at radius 2 is 2.00 bits per heavy atom. The van der Waals surface area contributed by atoms with Crippen molar-refractivity contribution in [1.82, 2.24) is 9.21 Å². The lowest BCUT2D eigenvalue weighted by molar-refractivity contribution is -0.128. The summed E-state index contributed by atoms with van der Waals surface area (Å²) in [4.78, 5) is 24.0. The van der Waals surface area contributed by atoms with Crippen LogP contribution in [-0.2, 0) is 19.6 Å². The van der Waals surface area contributed by atoms with Crippen LogP contribution in [0.15, 0.2) is 29.2 Å². The van der Waals surface area contributed by atoms with Gasteiger partial charge in [0.15, 0.2) is 6.61 Å². The molecule has 8 nitrogen and oxygen atoms in total. The molecule has 0 saturated carbocycles. The van der Waals surface area contributed by atoms with Gasteiger partial charge < -0.3 is 9.47 Å². The lowest BCUT2D eigenvalue weighted by Crippen LogP contribution is -2.62. The van der Waals surface area contributed by atoms with E-state index in [9.17, 15) is 18.0 Å². The molecular weight excluding hydrogens is 312 g/mol. The quantitative estimate of drug-likeness (QED) is 0.776. The van der Waals surface area contributed by atoms with Crippen molar-refractivity contribution in [3.05, 3.63) is 24.3 Å². The second-order valence-electron chi connectivity index (χ2n) is 4.97. The van der Waals surface area contributed by atoms with Gasteiger partial charge in [0.05, 0.1) is 18.0 Å². The van der Waals surface area contributed by atoms with E-state index >= 15 is 0 Å². The predicted molar refractivity (Wildman–Crippen MR) is 73.7 cm³/mol. The number of hydrogen-bond acceptors (Lipinski definition) is 6. The van der Waals surface area contributed by atoms with Gasteiger partial charge in [0.25, 0.3) is 5.91 Å². The van der Waals surface area contributed by atoms with E-state index in [2.05, 4.69) is 4.74 Å². The zero-order chi connectivity index (χ0) is 15.9. The summed E-state index contributed by atoms with van der Waals surface area (Å²) in [5.41, 5.74) is 0. The minimum atomic E-state index is -3.67. The fraction of sp³-hybridized carbons (Fsp3) is 0.385. The summed E-state index contributed by atoms with van der Waals surface area (Å²) in [7, 11) is -2.21. The molecule has 0 atom stereocenters.